The molecule has 1 aliphatic heterocycles. The molecule has 0 saturated carbocycles. The number of carbonyl (C=O) groups excluding carboxylic acids is 2. The van der Waals surface area contributed by atoms with E-state index < -0.39 is 32.9 Å². The van der Waals surface area contributed by atoms with Crippen molar-refractivity contribution in [2.24, 2.45) is 0 Å². The number of carbonyl (C=O) groups is 2. The number of aromatic nitrogens is 3. The first-order valence-corrected chi connectivity index (χ1v) is 12.9. The summed E-state index contributed by atoms with van der Waals surface area (Å²) < 4.78 is 24.8. The van der Waals surface area contributed by atoms with E-state index in [0.29, 0.717) is 27.5 Å². The molecule has 1 aliphatic rings. The van der Waals surface area contributed by atoms with Crippen molar-refractivity contribution in [3.63, 3.8) is 0 Å². The molecule has 0 bridgehead atoms. The molecule has 0 aliphatic carbocycles. The van der Waals surface area contributed by atoms with Gasteiger partial charge in [-0.2, -0.15) is 10.4 Å². The number of nitrogens with two attached hydrogens (primary N) is 1. The Bertz CT molecular complexity index is 1520. The van der Waals surface area contributed by atoms with Crippen LogP contribution in [0.5, 0.6) is 0 Å². The van der Waals surface area contributed by atoms with Gasteiger partial charge in [-0.25, -0.2) is 17.9 Å². The van der Waals surface area contributed by atoms with Gasteiger partial charge in [-0.1, -0.05) is 17.7 Å². The number of halogens is 1. The van der Waals surface area contributed by atoms with Gasteiger partial charge in [-0.3, -0.25) is 9.59 Å². The molecular weight excluding hydrogens is 494 g/mol. The molecule has 2 N–H and O–H groups in total. The van der Waals surface area contributed by atoms with Crippen molar-refractivity contribution in [3.8, 4) is 17.3 Å². The smallest absolute Gasteiger partial charge is 0.252 e. The lowest BCUT2D eigenvalue weighted by Gasteiger charge is -2.46. The number of piperazine rings is 1. The fraction of sp³-hybridized carbons (Fsp3) is 0.318. The lowest BCUT2D eigenvalue weighted by atomic mass is 9.95. The number of rotatable bonds is 4. The summed E-state index contributed by atoms with van der Waals surface area (Å²) in [5, 5.41) is 14.3. The molecule has 3 heterocycles. The number of fused-ring (bicyclic) bond motifs is 1. The maximum atomic E-state index is 13.5. The van der Waals surface area contributed by atoms with Crippen LogP contribution in [0.25, 0.3) is 16.8 Å². The summed E-state index contributed by atoms with van der Waals surface area (Å²) in [6, 6.07) is 8.74. The zero-order valence-corrected chi connectivity index (χ0v) is 20.8. The monoisotopic (exact) mass is 515 g/mol. The largest absolute Gasteiger partial charge is 0.382 e. The molecule has 0 radical (unpaired) electrons. The predicted octanol–water partition coefficient (Wildman–Crippen LogP) is 1.50. The number of benzene rings is 1. The van der Waals surface area contributed by atoms with E-state index in [-0.39, 0.29) is 24.5 Å². The summed E-state index contributed by atoms with van der Waals surface area (Å²) >= 11 is 6.35. The van der Waals surface area contributed by atoms with Crippen LogP contribution in [0.4, 0.5) is 11.5 Å². The number of nitriles is 1. The molecule has 11 nitrogen and oxygen atoms in total. The third kappa shape index (κ3) is 4.28. The second kappa shape index (κ2) is 8.51. The first-order chi connectivity index (χ1) is 16.3. The van der Waals surface area contributed by atoms with Crippen molar-refractivity contribution in [2.75, 3.05) is 35.7 Å². The van der Waals surface area contributed by atoms with Gasteiger partial charge < -0.3 is 15.5 Å². The molecule has 4 rings (SSSR count). The number of sulfone groups is 1. The normalized spacial score (nSPS) is 15.9. The Morgan fingerprint density at radius 2 is 2.00 bits per heavy atom. The number of nitrogen functional groups attached to an aromatic ring is 1. The third-order valence-electron chi connectivity index (χ3n) is 5.92. The maximum absolute atomic E-state index is 13.5. The van der Waals surface area contributed by atoms with E-state index in [1.54, 1.807) is 38.1 Å². The summed E-state index contributed by atoms with van der Waals surface area (Å²) in [7, 11) is -3.56. The maximum Gasteiger partial charge on any atom is 0.252 e. The second-order valence-electron chi connectivity index (χ2n) is 8.76. The van der Waals surface area contributed by atoms with E-state index in [0.717, 1.165) is 6.26 Å². The minimum Gasteiger partial charge on any atom is -0.382 e. The first kappa shape index (κ1) is 24.4. The highest BCUT2D eigenvalue weighted by molar-refractivity contribution is 7.91. The van der Waals surface area contributed by atoms with Crippen LogP contribution >= 0.6 is 11.6 Å². The van der Waals surface area contributed by atoms with Crippen LogP contribution in [-0.4, -0.2) is 70.4 Å². The van der Waals surface area contributed by atoms with Crippen LogP contribution in [0.2, 0.25) is 5.02 Å². The minimum atomic E-state index is -3.56. The molecule has 0 atom stereocenters. The lowest BCUT2D eigenvalue weighted by Crippen LogP contribution is -2.65. The Balaban J connectivity index is 1.76. The van der Waals surface area contributed by atoms with Gasteiger partial charge in [0.15, 0.2) is 15.7 Å². The molecule has 0 spiro atoms. The van der Waals surface area contributed by atoms with E-state index in [2.05, 4.69) is 16.2 Å². The number of hydrogen-bond donors (Lipinski definition) is 1. The van der Waals surface area contributed by atoms with Crippen LogP contribution in [0.15, 0.2) is 30.6 Å². The Kier molecular flexibility index (Phi) is 5.94. The highest BCUT2D eigenvalue weighted by Gasteiger charge is 2.45. The highest BCUT2D eigenvalue weighted by Crippen LogP contribution is 2.35. The van der Waals surface area contributed by atoms with E-state index in [9.17, 15) is 23.3 Å². The van der Waals surface area contributed by atoms with Gasteiger partial charge in [0.1, 0.15) is 29.2 Å². The number of amides is 2. The van der Waals surface area contributed by atoms with Crippen molar-refractivity contribution in [2.45, 2.75) is 19.4 Å². The average molecular weight is 516 g/mol. The SMILES string of the molecule is CC1(C)C(=O)N(c2cc(-c3cc(Cl)c4c(N)ncnn34)ccc2C#N)CCN1C(=O)CS(C)(=O)=O. The van der Waals surface area contributed by atoms with Crippen LogP contribution in [-0.2, 0) is 19.4 Å². The quantitative estimate of drug-likeness (QED) is 0.548. The lowest BCUT2D eigenvalue weighted by molar-refractivity contribution is -0.145. The van der Waals surface area contributed by atoms with Gasteiger partial charge in [0.2, 0.25) is 5.91 Å². The highest BCUT2D eigenvalue weighted by atomic mass is 35.5. The standard InChI is InChI=1S/C22H22ClN7O4S/c1-22(2)21(32)28(6-7-29(22)18(31)11-35(3,33)34)16-8-13(4-5-14(16)10-24)17-9-15(23)19-20(25)26-12-27-30(17)19/h4-5,8-9,12H,6-7,11H2,1-3H3,(H2,25,26,27). The molecule has 0 unspecified atom stereocenters. The zero-order chi connectivity index (χ0) is 25.7. The van der Waals surface area contributed by atoms with Gasteiger partial charge >= 0.3 is 0 Å². The van der Waals surface area contributed by atoms with Crippen LogP contribution in [0.3, 0.4) is 0 Å². The molecule has 2 amide bonds. The average Bonchev–Trinajstić information content (AvgIpc) is 3.11. The second-order valence-corrected chi connectivity index (χ2v) is 11.3. The fourth-order valence-electron chi connectivity index (χ4n) is 4.23. The van der Waals surface area contributed by atoms with Gasteiger partial charge in [-0.05, 0) is 32.0 Å². The number of nitrogens with zero attached hydrogens (tertiary/aromatic N) is 6. The molecule has 35 heavy (non-hydrogen) atoms. The Labute approximate surface area is 206 Å². The summed E-state index contributed by atoms with van der Waals surface area (Å²) in [6.45, 7) is 3.29. The molecule has 13 heteroatoms. The summed E-state index contributed by atoms with van der Waals surface area (Å²) in [4.78, 5) is 32.8. The van der Waals surface area contributed by atoms with Gasteiger partial charge in [-0.15, -0.1) is 0 Å². The van der Waals surface area contributed by atoms with Crippen LogP contribution in [0.1, 0.15) is 19.4 Å². The summed E-state index contributed by atoms with van der Waals surface area (Å²) in [5.74, 6) is -1.57. The Hall–Kier alpha value is -3.69. The molecule has 2 aromatic heterocycles. The number of anilines is 2. The molecule has 1 aromatic carbocycles. The van der Waals surface area contributed by atoms with Crippen molar-refractivity contribution >= 4 is 50.3 Å². The Morgan fingerprint density at radius 3 is 2.66 bits per heavy atom. The van der Waals surface area contributed by atoms with Crippen molar-refractivity contribution < 1.29 is 18.0 Å². The first-order valence-electron chi connectivity index (χ1n) is 10.5. The van der Waals surface area contributed by atoms with Crippen LogP contribution < -0.4 is 10.6 Å². The molecular formula is C22H22ClN7O4S. The van der Waals surface area contributed by atoms with Gasteiger partial charge in [0.05, 0.1) is 22.0 Å². The fourth-order valence-corrected chi connectivity index (χ4v) is 5.12. The van der Waals surface area contributed by atoms with Crippen molar-refractivity contribution in [1.29, 1.82) is 5.26 Å². The summed E-state index contributed by atoms with van der Waals surface area (Å²) in [6.07, 6.45) is 2.27. The third-order valence-corrected chi connectivity index (χ3v) is 6.98. The molecule has 182 valence electrons. The summed E-state index contributed by atoms with van der Waals surface area (Å²) in [5.41, 5.74) is 6.87. The topological polar surface area (TPSA) is 155 Å². The Morgan fingerprint density at radius 1 is 1.29 bits per heavy atom. The molecule has 1 fully saturated rings. The minimum absolute atomic E-state index is 0.0840. The van der Waals surface area contributed by atoms with E-state index in [1.165, 1.54) is 20.6 Å². The van der Waals surface area contributed by atoms with Crippen molar-refractivity contribution in [1.82, 2.24) is 19.5 Å². The van der Waals surface area contributed by atoms with Crippen molar-refractivity contribution in [3.05, 3.63) is 41.2 Å². The van der Waals surface area contributed by atoms with Gasteiger partial charge in [0, 0.05) is 24.9 Å². The molecule has 3 aromatic rings. The van der Waals surface area contributed by atoms with E-state index in [1.807, 2.05) is 0 Å². The zero-order valence-electron chi connectivity index (χ0n) is 19.2. The van der Waals surface area contributed by atoms with Crippen LogP contribution in [0, 0.1) is 11.3 Å². The predicted molar refractivity (Wildman–Crippen MR) is 130 cm³/mol. The molecule has 1 saturated heterocycles. The van der Waals surface area contributed by atoms with E-state index >= 15 is 0 Å². The van der Waals surface area contributed by atoms with Gasteiger partial charge in [0.25, 0.3) is 5.91 Å². The van der Waals surface area contributed by atoms with E-state index in [4.69, 9.17) is 17.3 Å². The number of hydrogen-bond acceptors (Lipinski definition) is 8.